The minimum Gasteiger partial charge on any atom is -0.383 e. The first-order valence-electron chi connectivity index (χ1n) is 16.8. The number of aryl methyl sites for hydroxylation is 1. The Bertz CT molecular complexity index is 1520. The number of nitrogens with one attached hydrogen (secondary N) is 1. The fraction of sp³-hybridized carbons (Fsp3) is 0.421. The van der Waals surface area contributed by atoms with Gasteiger partial charge < -0.3 is 21.7 Å². The quantitative estimate of drug-likeness (QED) is 0.124. The molecule has 1 aromatic heterocycles. The largest absolute Gasteiger partial charge is 0.383 e. The van der Waals surface area contributed by atoms with Crippen molar-refractivity contribution in [2.24, 2.45) is 16.5 Å². The number of rotatable bonds is 18. The van der Waals surface area contributed by atoms with Gasteiger partial charge in [-0.25, -0.2) is 9.38 Å². The Labute approximate surface area is 285 Å². The summed E-state index contributed by atoms with van der Waals surface area (Å²) in [5, 5.41) is 3.38. The summed E-state index contributed by atoms with van der Waals surface area (Å²) in [6, 6.07) is 16.9. The first-order valence-corrected chi connectivity index (χ1v) is 17.2. The van der Waals surface area contributed by atoms with Gasteiger partial charge in [0.05, 0.1) is 10.7 Å². The molecule has 0 radical (unpaired) electrons. The number of amidine groups is 1. The molecule has 2 heterocycles. The zero-order valence-electron chi connectivity index (χ0n) is 28.4. The van der Waals surface area contributed by atoms with Crippen LogP contribution < -0.4 is 21.7 Å². The Morgan fingerprint density at radius 1 is 1.04 bits per heavy atom. The number of pyridine rings is 1. The molecule has 252 valence electrons. The molecule has 2 atom stereocenters. The van der Waals surface area contributed by atoms with E-state index < -0.39 is 5.82 Å². The minimum absolute atomic E-state index is 0.0849. The molecule has 0 aliphatic carbocycles. The van der Waals surface area contributed by atoms with Crippen LogP contribution in [0, 0.1) is 5.82 Å². The molecule has 2 aromatic carbocycles. The number of benzene rings is 2. The monoisotopic (exact) mass is 659 g/mol. The summed E-state index contributed by atoms with van der Waals surface area (Å²) in [5.41, 5.74) is 18.3. The van der Waals surface area contributed by atoms with Gasteiger partial charge in [-0.3, -0.25) is 9.88 Å². The highest BCUT2D eigenvalue weighted by atomic mass is 35.5. The number of nitrogens with two attached hydrogens (primary N) is 2. The number of aromatic nitrogens is 1. The second-order valence-electron chi connectivity index (χ2n) is 12.5. The van der Waals surface area contributed by atoms with Crippen LogP contribution in [-0.2, 0) is 12.8 Å². The van der Waals surface area contributed by atoms with E-state index >= 15 is 4.39 Å². The molecule has 0 bridgehead atoms. The molecule has 3 aromatic rings. The summed E-state index contributed by atoms with van der Waals surface area (Å²) < 4.78 is 15.2. The Balaban J connectivity index is 1.51. The van der Waals surface area contributed by atoms with Crippen LogP contribution in [0.1, 0.15) is 74.2 Å². The lowest BCUT2D eigenvalue weighted by Crippen LogP contribution is -2.33. The molecular formula is C38H51ClFN7. The zero-order valence-corrected chi connectivity index (χ0v) is 29.1. The van der Waals surface area contributed by atoms with Gasteiger partial charge in [-0.2, -0.15) is 0 Å². The Morgan fingerprint density at radius 2 is 1.83 bits per heavy atom. The molecule has 0 spiro atoms. The van der Waals surface area contributed by atoms with E-state index in [1.165, 1.54) is 11.1 Å². The molecular weight excluding hydrogens is 609 g/mol. The van der Waals surface area contributed by atoms with Crippen LogP contribution >= 0.6 is 11.6 Å². The molecule has 1 aliphatic heterocycles. The van der Waals surface area contributed by atoms with Crippen molar-refractivity contribution < 1.29 is 4.39 Å². The summed E-state index contributed by atoms with van der Waals surface area (Å²) in [6.45, 7) is 7.22. The van der Waals surface area contributed by atoms with Crippen LogP contribution in [0.2, 0.25) is 5.02 Å². The van der Waals surface area contributed by atoms with E-state index in [4.69, 9.17) is 23.1 Å². The average Bonchev–Trinajstić information content (AvgIpc) is 3.42. The topological polar surface area (TPSA) is 95.8 Å². The highest BCUT2D eigenvalue weighted by Gasteiger charge is 2.21. The Hall–Kier alpha value is -3.56. The van der Waals surface area contributed by atoms with Gasteiger partial charge in [-0.05, 0) is 119 Å². The molecule has 0 fully saturated rings. The number of hydrogen-bond acceptors (Lipinski definition) is 7. The van der Waals surface area contributed by atoms with Crippen LogP contribution in [0.5, 0.6) is 0 Å². The number of nitrogens with zero attached hydrogens (tertiary/aromatic N) is 4. The lowest BCUT2D eigenvalue weighted by atomic mass is 9.99. The van der Waals surface area contributed by atoms with Crippen molar-refractivity contribution in [1.29, 1.82) is 0 Å². The van der Waals surface area contributed by atoms with Crippen LogP contribution in [0.4, 0.5) is 10.1 Å². The van der Waals surface area contributed by atoms with Gasteiger partial charge in [-0.1, -0.05) is 43.1 Å². The number of halogens is 2. The van der Waals surface area contributed by atoms with E-state index in [0.717, 1.165) is 81.4 Å². The van der Waals surface area contributed by atoms with E-state index in [9.17, 15) is 0 Å². The van der Waals surface area contributed by atoms with Crippen molar-refractivity contribution in [2.45, 2.75) is 70.9 Å². The van der Waals surface area contributed by atoms with Gasteiger partial charge in [0, 0.05) is 61.1 Å². The van der Waals surface area contributed by atoms with Crippen LogP contribution in [0.3, 0.4) is 0 Å². The average molecular weight is 660 g/mol. The lowest BCUT2D eigenvalue weighted by Gasteiger charge is -2.32. The Kier molecular flexibility index (Phi) is 14.0. The highest BCUT2D eigenvalue weighted by molar-refractivity contribution is 6.31. The van der Waals surface area contributed by atoms with Crippen LogP contribution in [0.15, 0.2) is 83.8 Å². The van der Waals surface area contributed by atoms with Gasteiger partial charge >= 0.3 is 0 Å². The maximum Gasteiger partial charge on any atom is 0.151 e. The smallest absolute Gasteiger partial charge is 0.151 e. The number of aliphatic imine (C=N–C) groups is 1. The first-order chi connectivity index (χ1) is 22.7. The van der Waals surface area contributed by atoms with Crippen molar-refractivity contribution in [3.63, 3.8) is 0 Å². The molecule has 9 heteroatoms. The van der Waals surface area contributed by atoms with Crippen LogP contribution in [0.25, 0.3) is 5.70 Å². The predicted octanol–water partition coefficient (Wildman–Crippen LogP) is 7.27. The molecule has 2 unspecified atom stereocenters. The molecule has 0 amide bonds. The third-order valence-electron chi connectivity index (χ3n) is 8.62. The lowest BCUT2D eigenvalue weighted by molar-refractivity contribution is 0.186. The molecule has 5 N–H and O–H groups in total. The third-order valence-corrected chi connectivity index (χ3v) is 8.90. The zero-order chi connectivity index (χ0) is 33.8. The summed E-state index contributed by atoms with van der Waals surface area (Å²) >= 11 is 6.29. The normalized spacial score (nSPS) is 15.2. The number of anilines is 1. The predicted molar refractivity (Wildman–Crippen MR) is 196 cm³/mol. The minimum atomic E-state index is -0.488. The highest BCUT2D eigenvalue weighted by Crippen LogP contribution is 2.33. The van der Waals surface area contributed by atoms with Crippen molar-refractivity contribution in [3.8, 4) is 0 Å². The van der Waals surface area contributed by atoms with E-state index in [1.54, 1.807) is 6.07 Å². The van der Waals surface area contributed by atoms with Crippen LogP contribution in [-0.4, -0.2) is 55.5 Å². The molecule has 0 saturated heterocycles. The van der Waals surface area contributed by atoms with Crippen molar-refractivity contribution in [2.75, 3.05) is 38.6 Å². The molecule has 0 saturated carbocycles. The van der Waals surface area contributed by atoms with Crippen molar-refractivity contribution >= 4 is 28.8 Å². The van der Waals surface area contributed by atoms with Crippen molar-refractivity contribution in [1.82, 2.24) is 15.2 Å². The summed E-state index contributed by atoms with van der Waals surface area (Å²) in [6.07, 6.45) is 14.3. The van der Waals surface area contributed by atoms with Gasteiger partial charge in [0.1, 0.15) is 5.84 Å². The maximum atomic E-state index is 15.2. The molecule has 7 nitrogen and oxygen atoms in total. The fourth-order valence-corrected chi connectivity index (χ4v) is 6.28. The summed E-state index contributed by atoms with van der Waals surface area (Å²) in [7, 11) is 3.99. The fourth-order valence-electron chi connectivity index (χ4n) is 6.04. The summed E-state index contributed by atoms with van der Waals surface area (Å²) in [5.74, 6) is -0.145. The first kappa shape index (κ1) is 36.3. The van der Waals surface area contributed by atoms with Gasteiger partial charge in [0.2, 0.25) is 0 Å². The van der Waals surface area contributed by atoms with E-state index in [-0.39, 0.29) is 11.1 Å². The number of hydrogen-bond donors (Lipinski definition) is 3. The van der Waals surface area contributed by atoms with E-state index in [2.05, 4.69) is 57.4 Å². The van der Waals surface area contributed by atoms with E-state index in [0.29, 0.717) is 23.1 Å². The second-order valence-corrected chi connectivity index (χ2v) is 12.9. The van der Waals surface area contributed by atoms with Gasteiger partial charge in [0.25, 0.3) is 0 Å². The maximum absolute atomic E-state index is 15.2. The van der Waals surface area contributed by atoms with Crippen molar-refractivity contribution in [3.05, 3.63) is 112 Å². The molecule has 4 rings (SSSR count). The van der Waals surface area contributed by atoms with Gasteiger partial charge in [0.15, 0.2) is 5.82 Å². The standard InChI is InChI=1S/C38H51ClFN7/c1-5-9-36(47(20-8-18-43-3)21-17-28-12-7-19-44-25-28)30-13-15-32(16-14-30)46(4)26-31-24-35(45-38(31)42)33-22-29(11-6-10-27(2)41)23-34(39)37(33)40/h7,12-16,19,22-27,36,43H,5-6,8-11,17-18,20-21,41H2,1-4H3,(H2,42,45)/b31-26-. The summed E-state index contributed by atoms with van der Waals surface area (Å²) in [4.78, 5) is 13.5. The molecule has 1 aliphatic rings. The van der Waals surface area contributed by atoms with E-state index in [1.807, 2.05) is 62.7 Å². The Morgan fingerprint density at radius 3 is 2.51 bits per heavy atom. The second kappa shape index (κ2) is 18.1. The van der Waals surface area contributed by atoms with Gasteiger partial charge in [-0.15, -0.1) is 0 Å². The third kappa shape index (κ3) is 10.5. The SMILES string of the molecule is CCCC(c1ccc(N(C)/C=C2/C=C(c3cc(CCCC(C)N)cc(Cl)c3F)N=C2N)cc1)N(CCCNC)CCc1cccnc1. The molecule has 47 heavy (non-hydrogen) atoms.